The van der Waals surface area contributed by atoms with Crippen LogP contribution in [-0.2, 0) is 24.4 Å². The number of nitrogens with zero attached hydrogens (tertiary/aromatic N) is 2. The zero-order chi connectivity index (χ0) is 24.0. The molecule has 0 aliphatic carbocycles. The number of hydrogen-bond acceptors (Lipinski definition) is 6. The summed E-state index contributed by atoms with van der Waals surface area (Å²) in [5.41, 5.74) is 1.77. The van der Waals surface area contributed by atoms with Crippen LogP contribution in [-0.4, -0.2) is 26.1 Å². The second-order valence-electron chi connectivity index (χ2n) is 7.04. The van der Waals surface area contributed by atoms with Gasteiger partial charge >= 0.3 is 0 Å². The molecule has 2 aromatic carbocycles. The molecule has 1 N–H and O–H groups in total. The Morgan fingerprint density at radius 3 is 2.52 bits per heavy atom. The summed E-state index contributed by atoms with van der Waals surface area (Å²) in [5.74, 6) is -0.137. The number of aromatic nitrogens is 1. The highest BCUT2D eigenvalue weighted by atomic mass is 32.2. The molecule has 0 bridgehead atoms. The first-order valence-electron chi connectivity index (χ1n) is 10.0. The van der Waals surface area contributed by atoms with Crippen molar-refractivity contribution in [1.29, 1.82) is 5.26 Å². The molecule has 0 saturated heterocycles. The maximum atomic E-state index is 14.5. The van der Waals surface area contributed by atoms with Crippen LogP contribution < -0.4 is 19.8 Å². The zero-order valence-corrected chi connectivity index (χ0v) is 18.9. The molecule has 0 radical (unpaired) electrons. The molecule has 1 heterocycles. The Kier molecular flexibility index (Phi) is 7.82. The summed E-state index contributed by atoms with van der Waals surface area (Å²) in [6.45, 7) is 2.31. The van der Waals surface area contributed by atoms with Gasteiger partial charge in [0.25, 0.3) is 5.56 Å². The maximum Gasteiger partial charge on any atom is 0.254 e. The van der Waals surface area contributed by atoms with Crippen LogP contribution >= 0.6 is 0 Å². The first-order chi connectivity index (χ1) is 15.8. The van der Waals surface area contributed by atoms with Gasteiger partial charge in [0, 0.05) is 37.0 Å². The van der Waals surface area contributed by atoms with Crippen LogP contribution in [0.2, 0.25) is 0 Å². The van der Waals surface area contributed by atoms with Crippen molar-refractivity contribution in [2.45, 2.75) is 13.3 Å². The minimum atomic E-state index is -2.71. The Hall–Kier alpha value is -3.68. The van der Waals surface area contributed by atoms with Crippen molar-refractivity contribution in [2.75, 3.05) is 13.2 Å². The van der Waals surface area contributed by atoms with Crippen molar-refractivity contribution in [3.63, 3.8) is 0 Å². The maximum absolute atomic E-state index is 14.5. The number of benzene rings is 2. The van der Waals surface area contributed by atoms with Crippen LogP contribution in [0.5, 0.6) is 17.2 Å². The molecular weight excluding hydrogens is 449 g/mol. The predicted molar refractivity (Wildman–Crippen MR) is 121 cm³/mol. The number of nitrogens with one attached hydrogen (secondary N) is 1. The second-order valence-corrected chi connectivity index (χ2v) is 7.87. The van der Waals surface area contributed by atoms with Gasteiger partial charge in [-0.2, -0.15) is 5.26 Å². The summed E-state index contributed by atoms with van der Waals surface area (Å²) < 4.78 is 51.3. The average Bonchev–Trinajstić information content (AvgIpc) is 2.78. The van der Waals surface area contributed by atoms with Crippen LogP contribution in [0.25, 0.3) is 11.1 Å². The SMILES string of the molecule is CCOc1cc(=O)n(C)cc1-c1cc(CCN[SH](=O)=O)ccc1Oc1ccc(C#N)cc1F. The lowest BCUT2D eigenvalue weighted by Crippen LogP contribution is -2.16. The van der Waals surface area contributed by atoms with Gasteiger partial charge < -0.3 is 14.0 Å². The minimum absolute atomic E-state index is 0.0733. The van der Waals surface area contributed by atoms with Crippen molar-refractivity contribution < 1.29 is 22.3 Å². The highest BCUT2D eigenvalue weighted by Gasteiger charge is 2.17. The molecule has 0 atom stereocenters. The monoisotopic (exact) mass is 471 g/mol. The van der Waals surface area contributed by atoms with Crippen LogP contribution in [0, 0.1) is 17.1 Å². The predicted octanol–water partition coefficient (Wildman–Crippen LogP) is 2.91. The van der Waals surface area contributed by atoms with Gasteiger partial charge in [-0.25, -0.2) is 17.5 Å². The van der Waals surface area contributed by atoms with E-state index < -0.39 is 16.7 Å². The van der Waals surface area contributed by atoms with Crippen LogP contribution in [0.4, 0.5) is 4.39 Å². The zero-order valence-electron chi connectivity index (χ0n) is 18.0. The molecular formula is C23H22FN3O5S. The minimum Gasteiger partial charge on any atom is -0.493 e. The van der Waals surface area contributed by atoms with Crippen molar-refractivity contribution in [2.24, 2.45) is 7.05 Å². The van der Waals surface area contributed by atoms with Crippen molar-refractivity contribution in [3.05, 3.63) is 76.0 Å². The number of nitriles is 1. The molecule has 0 unspecified atom stereocenters. The summed E-state index contributed by atoms with van der Waals surface area (Å²) >= 11 is 0. The van der Waals surface area contributed by atoms with Gasteiger partial charge in [-0.15, -0.1) is 0 Å². The summed E-state index contributed by atoms with van der Waals surface area (Å²) in [6.07, 6.45) is 2.00. The summed E-state index contributed by atoms with van der Waals surface area (Å²) in [7, 11) is -1.11. The Labute approximate surface area is 191 Å². The van der Waals surface area contributed by atoms with E-state index in [1.165, 1.54) is 22.8 Å². The molecule has 0 saturated carbocycles. The molecule has 0 aliphatic rings. The van der Waals surface area contributed by atoms with Gasteiger partial charge in [-0.05, 0) is 49.2 Å². The van der Waals surface area contributed by atoms with E-state index in [0.717, 1.165) is 11.6 Å². The number of hydrogen-bond donors (Lipinski definition) is 2. The average molecular weight is 472 g/mol. The van der Waals surface area contributed by atoms with Gasteiger partial charge in [0.05, 0.1) is 18.2 Å². The molecule has 0 spiro atoms. The first-order valence-corrected chi connectivity index (χ1v) is 11.2. The lowest BCUT2D eigenvalue weighted by atomic mass is 10.0. The fourth-order valence-corrected chi connectivity index (χ4v) is 3.48. The Morgan fingerprint density at radius 2 is 1.85 bits per heavy atom. The number of thiol groups is 1. The molecule has 0 amide bonds. The fourth-order valence-electron chi connectivity index (χ4n) is 3.19. The second kappa shape index (κ2) is 10.8. The summed E-state index contributed by atoms with van der Waals surface area (Å²) in [5, 5.41) is 8.96. The van der Waals surface area contributed by atoms with E-state index in [1.54, 1.807) is 38.4 Å². The third-order valence-electron chi connectivity index (χ3n) is 4.76. The lowest BCUT2D eigenvalue weighted by Gasteiger charge is -2.17. The topological polar surface area (TPSA) is 110 Å². The number of pyridine rings is 1. The highest BCUT2D eigenvalue weighted by Crippen LogP contribution is 2.39. The Bertz CT molecular complexity index is 1340. The third-order valence-corrected chi connectivity index (χ3v) is 5.24. The van der Waals surface area contributed by atoms with E-state index >= 15 is 0 Å². The van der Waals surface area contributed by atoms with Gasteiger partial charge in [-0.3, -0.25) is 4.79 Å². The third kappa shape index (κ3) is 5.97. The van der Waals surface area contributed by atoms with E-state index in [-0.39, 0.29) is 23.4 Å². The van der Waals surface area contributed by atoms with Crippen LogP contribution in [0.1, 0.15) is 18.1 Å². The largest absolute Gasteiger partial charge is 0.493 e. The van der Waals surface area contributed by atoms with E-state index in [0.29, 0.717) is 35.7 Å². The fraction of sp³-hybridized carbons (Fsp3) is 0.217. The number of ether oxygens (including phenoxy) is 2. The van der Waals surface area contributed by atoms with E-state index in [2.05, 4.69) is 4.72 Å². The molecule has 0 fully saturated rings. The normalized spacial score (nSPS) is 10.8. The standard InChI is InChI=1S/C23H22FN3O5S/c1-3-31-22-12-23(28)27(2)14-18(22)17-10-15(8-9-26-33(29)30)4-6-20(17)32-21-7-5-16(13-25)11-19(21)24/h4-7,10-12,14,33H,3,8-9H2,1-2H3,(H,26,29,30). The molecule has 0 aliphatic heterocycles. The van der Waals surface area contributed by atoms with Gasteiger partial charge in [-0.1, -0.05) is 6.07 Å². The molecule has 8 nitrogen and oxygen atoms in total. The first kappa shape index (κ1) is 24.0. The molecule has 33 heavy (non-hydrogen) atoms. The van der Waals surface area contributed by atoms with Gasteiger partial charge in [0.15, 0.2) is 11.6 Å². The summed E-state index contributed by atoms with van der Waals surface area (Å²) in [6, 6.07) is 12.3. The smallest absolute Gasteiger partial charge is 0.254 e. The van der Waals surface area contributed by atoms with Crippen LogP contribution in [0.15, 0.2) is 53.5 Å². The molecule has 172 valence electrons. The van der Waals surface area contributed by atoms with E-state index in [4.69, 9.17) is 14.7 Å². The van der Waals surface area contributed by atoms with E-state index in [1.807, 2.05) is 6.07 Å². The number of halogens is 1. The lowest BCUT2D eigenvalue weighted by molar-refractivity contribution is 0.340. The van der Waals surface area contributed by atoms with Crippen molar-refractivity contribution in [1.82, 2.24) is 9.29 Å². The molecule has 1 aromatic heterocycles. The van der Waals surface area contributed by atoms with E-state index in [9.17, 15) is 17.6 Å². The Balaban J connectivity index is 2.11. The number of rotatable bonds is 9. The quantitative estimate of drug-likeness (QED) is 0.465. The molecule has 3 rings (SSSR count). The molecule has 10 heteroatoms. The van der Waals surface area contributed by atoms with Gasteiger partial charge in [0.2, 0.25) is 10.9 Å². The highest BCUT2D eigenvalue weighted by molar-refractivity contribution is 7.70. The van der Waals surface area contributed by atoms with Crippen molar-refractivity contribution in [3.8, 4) is 34.4 Å². The van der Waals surface area contributed by atoms with Crippen LogP contribution in [0.3, 0.4) is 0 Å². The van der Waals surface area contributed by atoms with Crippen molar-refractivity contribution >= 4 is 10.9 Å². The summed E-state index contributed by atoms with van der Waals surface area (Å²) in [4.78, 5) is 12.2. The Morgan fingerprint density at radius 1 is 1.09 bits per heavy atom. The number of aryl methyl sites for hydroxylation is 1. The van der Waals surface area contributed by atoms with Gasteiger partial charge in [0.1, 0.15) is 11.5 Å². The molecule has 3 aromatic rings.